The maximum absolute atomic E-state index is 6.16. The molecule has 1 aromatic carbocycles. The molecule has 3 unspecified atom stereocenters. The molecule has 1 aromatic rings. The number of methoxy groups -OCH3 is 1. The average molecular weight is 337 g/mol. The van der Waals surface area contributed by atoms with Crippen LogP contribution in [0.25, 0.3) is 0 Å². The molecule has 1 aliphatic carbocycles. The van der Waals surface area contributed by atoms with Crippen molar-refractivity contribution in [3.05, 3.63) is 24.3 Å². The van der Waals surface area contributed by atoms with Gasteiger partial charge in [0.15, 0.2) is 0 Å². The first-order chi connectivity index (χ1) is 11.2. The maximum Gasteiger partial charge on any atom is 0.124 e. The molecule has 0 spiro atoms. The molecule has 23 heavy (non-hydrogen) atoms. The van der Waals surface area contributed by atoms with Crippen molar-refractivity contribution in [2.24, 2.45) is 11.8 Å². The normalized spacial score (nSPS) is 25.7. The van der Waals surface area contributed by atoms with E-state index in [0.29, 0.717) is 0 Å². The van der Waals surface area contributed by atoms with Crippen molar-refractivity contribution in [3.63, 3.8) is 0 Å². The summed E-state index contributed by atoms with van der Waals surface area (Å²) in [4.78, 5) is 0. The molecule has 128 valence electrons. The van der Waals surface area contributed by atoms with Gasteiger partial charge in [0.25, 0.3) is 0 Å². The molecular formula is C18H28N2O2S. The smallest absolute Gasteiger partial charge is 0.124 e. The quantitative estimate of drug-likeness (QED) is 0.684. The lowest BCUT2D eigenvalue weighted by Gasteiger charge is -2.25. The molecule has 5 heteroatoms. The molecule has 0 bridgehead atoms. The van der Waals surface area contributed by atoms with E-state index in [1.807, 2.05) is 12.1 Å². The fourth-order valence-corrected chi connectivity index (χ4v) is 4.25. The number of benzene rings is 1. The van der Waals surface area contributed by atoms with Crippen LogP contribution in [-0.4, -0.2) is 36.7 Å². The van der Waals surface area contributed by atoms with Crippen molar-refractivity contribution in [3.8, 4) is 5.75 Å². The molecule has 0 aromatic heterocycles. The van der Waals surface area contributed by atoms with Crippen molar-refractivity contribution in [2.75, 3.05) is 24.9 Å². The third-order valence-electron chi connectivity index (χ3n) is 4.88. The Labute approximate surface area is 144 Å². The largest absolute Gasteiger partial charge is 0.488 e. The molecule has 4 nitrogen and oxygen atoms in total. The summed E-state index contributed by atoms with van der Waals surface area (Å²) in [6, 6.07) is 8.23. The Bertz CT molecular complexity index is 500. The average Bonchev–Trinajstić information content (AvgIpc) is 3.19. The van der Waals surface area contributed by atoms with E-state index in [1.54, 1.807) is 19.2 Å². The van der Waals surface area contributed by atoms with Gasteiger partial charge in [-0.1, -0.05) is 19.9 Å². The van der Waals surface area contributed by atoms with E-state index < -0.39 is 0 Å². The lowest BCUT2D eigenvalue weighted by atomic mass is 10.1. The first-order valence-corrected chi connectivity index (χ1v) is 9.48. The highest BCUT2D eigenvalue weighted by Crippen LogP contribution is 2.46. The zero-order valence-corrected chi connectivity index (χ0v) is 15.1. The van der Waals surface area contributed by atoms with E-state index in [4.69, 9.17) is 9.47 Å². The maximum atomic E-state index is 6.16. The number of fused-ring (bicyclic) bond motifs is 1. The van der Waals surface area contributed by atoms with Crippen molar-refractivity contribution in [1.82, 2.24) is 4.31 Å². The predicted octanol–water partition coefficient (Wildman–Crippen LogP) is 4.20. The third kappa shape index (κ3) is 4.34. The molecular weight excluding hydrogens is 308 g/mol. The number of ether oxygens (including phenoxy) is 2. The molecule has 0 amide bonds. The Hall–Kier alpha value is -0.910. The summed E-state index contributed by atoms with van der Waals surface area (Å²) in [5.41, 5.74) is 1.09. The first kappa shape index (κ1) is 16.9. The Morgan fingerprint density at radius 3 is 2.61 bits per heavy atom. The Morgan fingerprint density at radius 2 is 1.96 bits per heavy atom. The molecule has 1 saturated heterocycles. The van der Waals surface area contributed by atoms with Crippen LogP contribution in [-0.2, 0) is 4.74 Å². The highest BCUT2D eigenvalue weighted by molar-refractivity contribution is 7.98. The van der Waals surface area contributed by atoms with Gasteiger partial charge < -0.3 is 14.2 Å². The van der Waals surface area contributed by atoms with Crippen LogP contribution in [0.4, 0.5) is 5.69 Å². The second-order valence-electron chi connectivity index (χ2n) is 6.57. The van der Waals surface area contributed by atoms with E-state index in [2.05, 4.69) is 35.0 Å². The van der Waals surface area contributed by atoms with Crippen LogP contribution < -0.4 is 9.46 Å². The monoisotopic (exact) mass is 336 g/mol. The number of nitrogens with zero attached hydrogens (tertiary/aromatic N) is 1. The van der Waals surface area contributed by atoms with Crippen molar-refractivity contribution in [1.29, 1.82) is 0 Å². The summed E-state index contributed by atoms with van der Waals surface area (Å²) in [5, 5.41) is 0. The highest BCUT2D eigenvalue weighted by Gasteiger charge is 2.45. The number of hydrogen-bond acceptors (Lipinski definition) is 5. The van der Waals surface area contributed by atoms with Gasteiger partial charge in [-0.3, -0.25) is 0 Å². The van der Waals surface area contributed by atoms with Gasteiger partial charge in [-0.2, -0.15) is 0 Å². The number of hydrogen-bond donors (Lipinski definition) is 1. The van der Waals surface area contributed by atoms with Gasteiger partial charge in [-0.15, -0.1) is 0 Å². The van der Waals surface area contributed by atoms with Gasteiger partial charge in [-0.25, -0.2) is 4.31 Å². The lowest BCUT2D eigenvalue weighted by Crippen LogP contribution is -2.32. The van der Waals surface area contributed by atoms with Gasteiger partial charge >= 0.3 is 0 Å². The summed E-state index contributed by atoms with van der Waals surface area (Å²) in [6.07, 6.45) is 3.58. The van der Waals surface area contributed by atoms with Crippen LogP contribution in [0.1, 0.15) is 33.1 Å². The second-order valence-corrected chi connectivity index (χ2v) is 7.47. The minimum atomic E-state index is 0.0959. The van der Waals surface area contributed by atoms with Crippen LogP contribution in [0.3, 0.4) is 0 Å². The minimum Gasteiger partial charge on any atom is -0.488 e. The van der Waals surface area contributed by atoms with Gasteiger partial charge in [0, 0.05) is 44.1 Å². The third-order valence-corrected chi connectivity index (χ3v) is 5.76. The summed E-state index contributed by atoms with van der Waals surface area (Å²) in [5.74, 6) is 2.83. The van der Waals surface area contributed by atoms with Gasteiger partial charge in [0.2, 0.25) is 0 Å². The summed E-state index contributed by atoms with van der Waals surface area (Å²) >= 11 is 1.72. The van der Waals surface area contributed by atoms with Gasteiger partial charge in [0.1, 0.15) is 11.9 Å². The van der Waals surface area contributed by atoms with Crippen LogP contribution in [0.5, 0.6) is 5.75 Å². The molecule has 1 saturated carbocycles. The van der Waals surface area contributed by atoms with E-state index in [1.165, 1.54) is 19.5 Å². The molecule has 1 heterocycles. The molecule has 3 rings (SSSR count). The van der Waals surface area contributed by atoms with Crippen LogP contribution in [0.15, 0.2) is 24.3 Å². The SMILES string of the molecule is CCC(OC)[C@@H](CC)Oc1cccc(NSN2CC3CC3C2)c1. The van der Waals surface area contributed by atoms with Gasteiger partial charge in [-0.05, 0) is 43.2 Å². The topological polar surface area (TPSA) is 33.7 Å². The molecule has 4 atom stereocenters. The number of anilines is 1. The zero-order valence-electron chi connectivity index (χ0n) is 14.3. The molecule has 2 aliphatic rings. The fraction of sp³-hybridized carbons (Fsp3) is 0.667. The van der Waals surface area contributed by atoms with Crippen LogP contribution >= 0.6 is 12.1 Å². The van der Waals surface area contributed by atoms with Crippen molar-refractivity contribution < 1.29 is 9.47 Å². The Balaban J connectivity index is 1.53. The lowest BCUT2D eigenvalue weighted by molar-refractivity contribution is -0.00149. The summed E-state index contributed by atoms with van der Waals surface area (Å²) in [7, 11) is 1.76. The van der Waals surface area contributed by atoms with E-state index in [9.17, 15) is 0 Å². The number of nitrogens with one attached hydrogen (secondary N) is 1. The standard InChI is InChI=1S/C18H28N2O2S/c1-4-17(21-3)18(5-2)22-16-8-6-7-15(10-16)19-23-20-11-13-9-14(13)12-20/h6-8,10,13-14,17-19H,4-5,9,11-12H2,1-3H3/t13?,14?,17?,18-/m1/s1. The Kier molecular flexibility index (Phi) is 5.72. The van der Waals surface area contributed by atoms with E-state index >= 15 is 0 Å². The van der Waals surface area contributed by atoms with Crippen LogP contribution in [0.2, 0.25) is 0 Å². The predicted molar refractivity (Wildman–Crippen MR) is 96.6 cm³/mol. The Morgan fingerprint density at radius 1 is 1.22 bits per heavy atom. The fourth-order valence-electron chi connectivity index (χ4n) is 3.36. The summed E-state index contributed by atoms with van der Waals surface area (Å²) in [6.45, 7) is 6.73. The highest BCUT2D eigenvalue weighted by atomic mass is 32.2. The molecule has 2 fully saturated rings. The van der Waals surface area contributed by atoms with Crippen molar-refractivity contribution >= 4 is 17.8 Å². The minimum absolute atomic E-state index is 0.0959. The number of rotatable bonds is 9. The second kappa shape index (κ2) is 7.77. The van der Waals surface area contributed by atoms with Crippen molar-refractivity contribution in [2.45, 2.75) is 45.3 Å². The molecule has 0 radical (unpaired) electrons. The first-order valence-electron chi connectivity index (χ1n) is 8.70. The van der Waals surface area contributed by atoms with Gasteiger partial charge in [0.05, 0.1) is 6.10 Å². The zero-order chi connectivity index (χ0) is 16.2. The van der Waals surface area contributed by atoms with E-state index in [-0.39, 0.29) is 12.2 Å². The molecule has 1 aliphatic heterocycles. The summed E-state index contributed by atoms with van der Waals surface area (Å²) < 4.78 is 17.6. The van der Waals surface area contributed by atoms with E-state index in [0.717, 1.165) is 36.1 Å². The number of piperidine rings is 1. The van der Waals surface area contributed by atoms with Crippen LogP contribution in [0, 0.1) is 11.8 Å². The molecule has 1 N–H and O–H groups in total.